The Hall–Kier alpha value is -1.13. The normalized spacial score (nSPS) is 43.3. The second-order valence-corrected chi connectivity index (χ2v) is 12.6. The standard InChI is InChI=1S/C29H47N3O/c1-20(19-33-27-6-4-5-16-32-27)24-9-10-25-23-8-7-21-18-22(31-17-15-30)11-13-28(21,2)26(23)12-14-29(24,25)3/h4-6,16,20-26,31H,7-15,17-19,30H2,1-3H3/t20-,21+,22-,23?,24-,25?,26?,28+,29-/m1/s1. The van der Waals surface area contributed by atoms with Crippen LogP contribution in [-0.2, 0) is 0 Å². The van der Waals surface area contributed by atoms with Crippen molar-refractivity contribution in [3.8, 4) is 5.88 Å². The quantitative estimate of drug-likeness (QED) is 0.558. The Morgan fingerprint density at radius 3 is 2.67 bits per heavy atom. The minimum absolute atomic E-state index is 0.497. The molecule has 0 aromatic carbocycles. The van der Waals surface area contributed by atoms with E-state index in [1.807, 2.05) is 24.4 Å². The molecule has 4 nitrogen and oxygen atoms in total. The summed E-state index contributed by atoms with van der Waals surface area (Å²) in [5.41, 5.74) is 6.82. The first-order chi connectivity index (χ1) is 16.0. The van der Waals surface area contributed by atoms with Crippen LogP contribution in [0.3, 0.4) is 0 Å². The van der Waals surface area contributed by atoms with Crippen molar-refractivity contribution in [2.45, 2.75) is 84.6 Å². The molecule has 0 radical (unpaired) electrons. The second kappa shape index (κ2) is 9.49. The zero-order valence-electron chi connectivity index (χ0n) is 21.3. The molecule has 0 saturated heterocycles. The first kappa shape index (κ1) is 23.6. The number of aromatic nitrogens is 1. The zero-order chi connectivity index (χ0) is 23.1. The Balaban J connectivity index is 1.25. The number of nitrogens with zero attached hydrogens (tertiary/aromatic N) is 1. The van der Waals surface area contributed by atoms with E-state index in [2.05, 4.69) is 31.1 Å². The summed E-state index contributed by atoms with van der Waals surface area (Å²) in [6.45, 7) is 10.3. The average molecular weight is 454 g/mol. The van der Waals surface area contributed by atoms with E-state index in [1.54, 1.807) is 0 Å². The van der Waals surface area contributed by atoms with Gasteiger partial charge in [-0.3, -0.25) is 0 Å². The van der Waals surface area contributed by atoms with Gasteiger partial charge in [0, 0.05) is 31.4 Å². The van der Waals surface area contributed by atoms with Gasteiger partial charge in [0.05, 0.1) is 6.61 Å². The highest BCUT2D eigenvalue weighted by Gasteiger charge is 2.60. The summed E-state index contributed by atoms with van der Waals surface area (Å²) in [6, 6.07) is 6.65. The molecule has 4 aliphatic rings. The molecule has 4 saturated carbocycles. The molecule has 33 heavy (non-hydrogen) atoms. The van der Waals surface area contributed by atoms with E-state index in [9.17, 15) is 0 Å². The maximum Gasteiger partial charge on any atom is 0.213 e. The fraction of sp³-hybridized carbons (Fsp3) is 0.828. The number of nitrogens with one attached hydrogen (secondary N) is 1. The molecule has 5 rings (SSSR count). The van der Waals surface area contributed by atoms with Crippen LogP contribution >= 0.6 is 0 Å². The lowest BCUT2D eigenvalue weighted by molar-refractivity contribution is -0.118. The third-order valence-electron chi connectivity index (χ3n) is 11.1. The smallest absolute Gasteiger partial charge is 0.213 e. The molecule has 0 aliphatic heterocycles. The SMILES string of the molecule is C[C@H](COc1ccccn1)[C@H]1CCC2C3CC[C@H]4C[C@H](NCCN)CC[C@]4(C)C3CC[C@@]21C. The van der Waals surface area contributed by atoms with Crippen molar-refractivity contribution < 1.29 is 4.74 Å². The molecule has 4 aliphatic carbocycles. The summed E-state index contributed by atoms with van der Waals surface area (Å²) in [4.78, 5) is 4.36. The molecule has 4 heteroatoms. The van der Waals surface area contributed by atoms with Crippen LogP contribution in [0, 0.1) is 46.3 Å². The van der Waals surface area contributed by atoms with Gasteiger partial charge < -0.3 is 15.8 Å². The molecule has 1 heterocycles. The highest BCUT2D eigenvalue weighted by Crippen LogP contribution is 2.68. The van der Waals surface area contributed by atoms with Crippen molar-refractivity contribution in [1.82, 2.24) is 10.3 Å². The van der Waals surface area contributed by atoms with Gasteiger partial charge in [0.25, 0.3) is 0 Å². The minimum Gasteiger partial charge on any atom is -0.477 e. The molecule has 3 N–H and O–H groups in total. The molecule has 3 unspecified atom stereocenters. The number of ether oxygens (including phenoxy) is 1. The van der Waals surface area contributed by atoms with Crippen LogP contribution in [0.5, 0.6) is 5.88 Å². The zero-order valence-corrected chi connectivity index (χ0v) is 21.3. The predicted octanol–water partition coefficient (Wildman–Crippen LogP) is 5.67. The van der Waals surface area contributed by atoms with Gasteiger partial charge in [0.2, 0.25) is 5.88 Å². The number of nitrogens with two attached hydrogens (primary N) is 1. The minimum atomic E-state index is 0.497. The summed E-state index contributed by atoms with van der Waals surface area (Å²) >= 11 is 0. The molecule has 1 aromatic rings. The number of hydrogen-bond acceptors (Lipinski definition) is 4. The molecular weight excluding hydrogens is 406 g/mol. The van der Waals surface area contributed by atoms with E-state index in [4.69, 9.17) is 10.5 Å². The van der Waals surface area contributed by atoms with Crippen molar-refractivity contribution in [2.24, 2.45) is 52.1 Å². The van der Waals surface area contributed by atoms with Crippen molar-refractivity contribution in [2.75, 3.05) is 19.7 Å². The highest BCUT2D eigenvalue weighted by atomic mass is 16.5. The van der Waals surface area contributed by atoms with Gasteiger partial charge in [0.15, 0.2) is 0 Å². The third kappa shape index (κ3) is 4.24. The van der Waals surface area contributed by atoms with E-state index in [1.165, 1.54) is 57.8 Å². The number of rotatable bonds is 7. The molecule has 4 fully saturated rings. The van der Waals surface area contributed by atoms with Crippen LogP contribution in [-0.4, -0.2) is 30.7 Å². The fourth-order valence-electron chi connectivity index (χ4n) is 9.47. The van der Waals surface area contributed by atoms with E-state index in [0.29, 0.717) is 22.8 Å². The fourth-order valence-corrected chi connectivity index (χ4v) is 9.47. The molecule has 0 spiro atoms. The van der Waals surface area contributed by atoms with E-state index in [-0.39, 0.29) is 0 Å². The molecular formula is C29H47N3O. The third-order valence-corrected chi connectivity index (χ3v) is 11.1. The maximum absolute atomic E-state index is 6.11. The van der Waals surface area contributed by atoms with Crippen molar-refractivity contribution in [3.05, 3.63) is 24.4 Å². The van der Waals surface area contributed by atoms with Crippen molar-refractivity contribution >= 4 is 0 Å². The molecule has 184 valence electrons. The van der Waals surface area contributed by atoms with Crippen molar-refractivity contribution in [3.63, 3.8) is 0 Å². The largest absolute Gasteiger partial charge is 0.477 e. The van der Waals surface area contributed by atoms with Gasteiger partial charge in [-0.15, -0.1) is 0 Å². The Kier molecular flexibility index (Phi) is 6.79. The van der Waals surface area contributed by atoms with Crippen LogP contribution < -0.4 is 15.8 Å². The average Bonchev–Trinajstić information content (AvgIpc) is 3.19. The Morgan fingerprint density at radius 1 is 1.06 bits per heavy atom. The molecule has 0 bridgehead atoms. The summed E-state index contributed by atoms with van der Waals surface area (Å²) in [6.07, 6.45) is 14.6. The number of pyridine rings is 1. The molecule has 0 amide bonds. The van der Waals surface area contributed by atoms with Crippen LogP contribution in [0.25, 0.3) is 0 Å². The predicted molar refractivity (Wildman–Crippen MR) is 135 cm³/mol. The van der Waals surface area contributed by atoms with Gasteiger partial charge >= 0.3 is 0 Å². The highest BCUT2D eigenvalue weighted by molar-refractivity contribution is 5.11. The lowest BCUT2D eigenvalue weighted by Crippen LogP contribution is -2.55. The number of hydrogen-bond donors (Lipinski definition) is 2. The molecule has 1 aromatic heterocycles. The van der Waals surface area contributed by atoms with Crippen LogP contribution in [0.4, 0.5) is 0 Å². The van der Waals surface area contributed by atoms with Crippen LogP contribution in [0.2, 0.25) is 0 Å². The molecule has 9 atom stereocenters. The first-order valence-corrected chi connectivity index (χ1v) is 13.9. The lowest BCUT2D eigenvalue weighted by atomic mass is 9.44. The van der Waals surface area contributed by atoms with Gasteiger partial charge in [-0.1, -0.05) is 26.8 Å². The van der Waals surface area contributed by atoms with E-state index in [0.717, 1.165) is 55.2 Å². The van der Waals surface area contributed by atoms with Gasteiger partial charge in [0.1, 0.15) is 0 Å². The second-order valence-electron chi connectivity index (χ2n) is 12.6. The van der Waals surface area contributed by atoms with E-state index >= 15 is 0 Å². The van der Waals surface area contributed by atoms with Gasteiger partial charge in [-0.05, 0) is 110 Å². The summed E-state index contributed by atoms with van der Waals surface area (Å²) in [5.74, 6) is 5.88. The Labute approximate surface area is 201 Å². The number of fused-ring (bicyclic) bond motifs is 5. The van der Waals surface area contributed by atoms with Crippen molar-refractivity contribution in [1.29, 1.82) is 0 Å². The van der Waals surface area contributed by atoms with Gasteiger partial charge in [-0.25, -0.2) is 4.98 Å². The van der Waals surface area contributed by atoms with Crippen LogP contribution in [0.1, 0.15) is 78.6 Å². The summed E-state index contributed by atoms with van der Waals surface area (Å²) < 4.78 is 6.11. The maximum atomic E-state index is 6.11. The lowest BCUT2D eigenvalue weighted by Gasteiger charge is -2.61. The topological polar surface area (TPSA) is 60.2 Å². The Bertz CT molecular complexity index is 786. The monoisotopic (exact) mass is 453 g/mol. The Morgan fingerprint density at radius 2 is 1.88 bits per heavy atom. The van der Waals surface area contributed by atoms with E-state index < -0.39 is 0 Å². The summed E-state index contributed by atoms with van der Waals surface area (Å²) in [7, 11) is 0. The summed E-state index contributed by atoms with van der Waals surface area (Å²) in [5, 5.41) is 3.74. The van der Waals surface area contributed by atoms with Crippen LogP contribution in [0.15, 0.2) is 24.4 Å². The van der Waals surface area contributed by atoms with Gasteiger partial charge in [-0.2, -0.15) is 0 Å². The first-order valence-electron chi connectivity index (χ1n) is 13.9.